The van der Waals surface area contributed by atoms with Gasteiger partial charge in [-0.3, -0.25) is 4.79 Å². The maximum absolute atomic E-state index is 13.0. The zero-order chi connectivity index (χ0) is 12.3. The lowest BCUT2D eigenvalue weighted by atomic mass is 10.1. The largest absolute Gasteiger partial charge is 0.369 e. The SMILES string of the molecule is CN(Cc1cccs1)c1ccc(F)cc1C=O. The van der Waals surface area contributed by atoms with Crippen LogP contribution in [0.3, 0.4) is 0 Å². The molecule has 0 fully saturated rings. The van der Waals surface area contributed by atoms with Gasteiger partial charge in [0.25, 0.3) is 0 Å². The van der Waals surface area contributed by atoms with E-state index in [0.29, 0.717) is 18.4 Å². The molecule has 1 aromatic carbocycles. The van der Waals surface area contributed by atoms with Gasteiger partial charge in [0.2, 0.25) is 0 Å². The fraction of sp³-hybridized carbons (Fsp3) is 0.154. The minimum absolute atomic E-state index is 0.379. The first-order chi connectivity index (χ1) is 8.20. The summed E-state index contributed by atoms with van der Waals surface area (Å²) in [7, 11) is 1.89. The summed E-state index contributed by atoms with van der Waals surface area (Å²) in [5, 5.41) is 2.01. The molecule has 2 nitrogen and oxygen atoms in total. The fourth-order valence-corrected chi connectivity index (χ4v) is 2.45. The highest BCUT2D eigenvalue weighted by Gasteiger charge is 2.09. The number of benzene rings is 1. The first kappa shape index (κ1) is 11.8. The zero-order valence-electron chi connectivity index (χ0n) is 9.39. The number of nitrogens with zero attached hydrogens (tertiary/aromatic N) is 1. The van der Waals surface area contributed by atoms with Gasteiger partial charge in [0, 0.05) is 23.2 Å². The van der Waals surface area contributed by atoms with Gasteiger partial charge in [0.05, 0.1) is 6.54 Å². The van der Waals surface area contributed by atoms with Gasteiger partial charge in [0.15, 0.2) is 6.29 Å². The van der Waals surface area contributed by atoms with Crippen LogP contribution in [0.1, 0.15) is 15.2 Å². The summed E-state index contributed by atoms with van der Waals surface area (Å²) in [6.45, 7) is 0.712. The van der Waals surface area contributed by atoms with Crippen LogP contribution in [0.5, 0.6) is 0 Å². The summed E-state index contributed by atoms with van der Waals surface area (Å²) in [6.07, 6.45) is 0.684. The summed E-state index contributed by atoms with van der Waals surface area (Å²) in [5.74, 6) is -0.389. The number of thiophene rings is 1. The van der Waals surface area contributed by atoms with E-state index in [9.17, 15) is 9.18 Å². The Balaban J connectivity index is 2.24. The number of rotatable bonds is 4. The molecule has 0 amide bonds. The van der Waals surface area contributed by atoms with Crippen LogP contribution >= 0.6 is 11.3 Å². The summed E-state index contributed by atoms with van der Waals surface area (Å²) in [4.78, 5) is 14.0. The molecule has 1 aromatic heterocycles. The number of hydrogen-bond acceptors (Lipinski definition) is 3. The molecule has 0 aliphatic heterocycles. The van der Waals surface area contributed by atoms with Crippen LogP contribution in [0, 0.1) is 5.82 Å². The normalized spacial score (nSPS) is 10.2. The van der Waals surface area contributed by atoms with E-state index in [1.54, 1.807) is 17.4 Å². The summed E-state index contributed by atoms with van der Waals surface area (Å²) < 4.78 is 13.0. The average Bonchev–Trinajstić information content (AvgIpc) is 2.81. The number of halogens is 1. The highest BCUT2D eigenvalue weighted by Crippen LogP contribution is 2.22. The topological polar surface area (TPSA) is 20.3 Å². The van der Waals surface area contributed by atoms with Crippen molar-refractivity contribution < 1.29 is 9.18 Å². The van der Waals surface area contributed by atoms with E-state index in [0.717, 1.165) is 5.69 Å². The van der Waals surface area contributed by atoms with E-state index >= 15 is 0 Å². The summed E-state index contributed by atoms with van der Waals surface area (Å²) in [5.41, 5.74) is 1.12. The highest BCUT2D eigenvalue weighted by atomic mass is 32.1. The molecule has 0 N–H and O–H groups in total. The molecule has 0 spiro atoms. The van der Waals surface area contributed by atoms with Crippen LogP contribution in [0.2, 0.25) is 0 Å². The lowest BCUT2D eigenvalue weighted by Crippen LogP contribution is -2.17. The molecule has 0 saturated heterocycles. The second-order valence-electron chi connectivity index (χ2n) is 3.76. The Bertz CT molecular complexity index is 510. The molecule has 0 unspecified atom stereocenters. The van der Waals surface area contributed by atoms with Crippen LogP contribution in [0.15, 0.2) is 35.7 Å². The average molecular weight is 249 g/mol. The van der Waals surface area contributed by atoms with Crippen molar-refractivity contribution in [1.29, 1.82) is 0 Å². The second kappa shape index (κ2) is 5.10. The maximum Gasteiger partial charge on any atom is 0.152 e. The second-order valence-corrected chi connectivity index (χ2v) is 4.79. The monoisotopic (exact) mass is 249 g/mol. The van der Waals surface area contributed by atoms with Crippen molar-refractivity contribution in [3.05, 3.63) is 52.0 Å². The molecule has 0 atom stereocenters. The Hall–Kier alpha value is -1.68. The van der Waals surface area contributed by atoms with Crippen molar-refractivity contribution >= 4 is 23.3 Å². The first-order valence-electron chi connectivity index (χ1n) is 5.19. The first-order valence-corrected chi connectivity index (χ1v) is 6.07. The van der Waals surface area contributed by atoms with E-state index in [1.807, 2.05) is 29.5 Å². The Kier molecular flexibility index (Phi) is 3.54. The molecular weight excluding hydrogens is 237 g/mol. The van der Waals surface area contributed by atoms with Gasteiger partial charge in [-0.05, 0) is 29.6 Å². The highest BCUT2D eigenvalue weighted by molar-refractivity contribution is 7.09. The third-order valence-electron chi connectivity index (χ3n) is 2.50. The smallest absolute Gasteiger partial charge is 0.152 e. The Morgan fingerprint density at radius 3 is 2.88 bits per heavy atom. The van der Waals surface area contributed by atoms with Gasteiger partial charge >= 0.3 is 0 Å². The van der Waals surface area contributed by atoms with E-state index < -0.39 is 0 Å². The van der Waals surface area contributed by atoms with Crippen molar-refractivity contribution in [1.82, 2.24) is 0 Å². The predicted molar refractivity (Wildman–Crippen MR) is 68.2 cm³/mol. The van der Waals surface area contributed by atoms with Gasteiger partial charge in [-0.2, -0.15) is 0 Å². The number of hydrogen-bond donors (Lipinski definition) is 0. The van der Waals surface area contributed by atoms with Gasteiger partial charge in [-0.15, -0.1) is 11.3 Å². The van der Waals surface area contributed by atoms with E-state index in [2.05, 4.69) is 0 Å². The van der Waals surface area contributed by atoms with Crippen molar-refractivity contribution in [3.63, 3.8) is 0 Å². The Morgan fingerprint density at radius 2 is 2.24 bits per heavy atom. The fourth-order valence-electron chi connectivity index (χ4n) is 1.69. The molecule has 1 heterocycles. The van der Waals surface area contributed by atoms with Crippen LogP contribution < -0.4 is 4.90 Å². The molecule has 88 valence electrons. The van der Waals surface area contributed by atoms with E-state index in [-0.39, 0.29) is 5.82 Å². The number of anilines is 1. The molecule has 0 saturated carbocycles. The molecular formula is C13H12FNOS. The molecule has 0 aliphatic carbocycles. The minimum atomic E-state index is -0.389. The Labute approximate surface area is 103 Å². The van der Waals surface area contributed by atoms with Gasteiger partial charge < -0.3 is 4.90 Å². The molecule has 0 bridgehead atoms. The summed E-state index contributed by atoms with van der Waals surface area (Å²) in [6, 6.07) is 8.28. The number of carbonyl (C=O) groups excluding carboxylic acids is 1. The standard InChI is InChI=1S/C13H12FNOS/c1-15(8-12-3-2-6-17-12)13-5-4-11(14)7-10(13)9-16/h2-7,9H,8H2,1H3. The zero-order valence-corrected chi connectivity index (χ0v) is 10.2. The van der Waals surface area contributed by atoms with Gasteiger partial charge in [-0.1, -0.05) is 6.07 Å². The third kappa shape index (κ3) is 2.71. The number of carbonyl (C=O) groups is 1. The minimum Gasteiger partial charge on any atom is -0.369 e. The van der Waals surface area contributed by atoms with Crippen molar-refractivity contribution in [2.75, 3.05) is 11.9 Å². The van der Waals surface area contributed by atoms with Crippen molar-refractivity contribution in [3.8, 4) is 0 Å². The van der Waals surface area contributed by atoms with E-state index in [1.165, 1.54) is 17.0 Å². The van der Waals surface area contributed by atoms with Crippen molar-refractivity contribution in [2.45, 2.75) is 6.54 Å². The lowest BCUT2D eigenvalue weighted by molar-refractivity contribution is 0.112. The van der Waals surface area contributed by atoms with Crippen LogP contribution in [0.4, 0.5) is 10.1 Å². The van der Waals surface area contributed by atoms with Crippen LogP contribution in [0.25, 0.3) is 0 Å². The lowest BCUT2D eigenvalue weighted by Gasteiger charge is -2.20. The summed E-state index contributed by atoms with van der Waals surface area (Å²) >= 11 is 1.66. The molecule has 17 heavy (non-hydrogen) atoms. The van der Waals surface area contributed by atoms with Crippen molar-refractivity contribution in [2.24, 2.45) is 0 Å². The van der Waals surface area contributed by atoms with Gasteiger partial charge in [0.1, 0.15) is 5.82 Å². The molecule has 0 radical (unpaired) electrons. The molecule has 4 heteroatoms. The van der Waals surface area contributed by atoms with Crippen LogP contribution in [-0.4, -0.2) is 13.3 Å². The molecule has 0 aliphatic rings. The Morgan fingerprint density at radius 1 is 1.41 bits per heavy atom. The van der Waals surface area contributed by atoms with Gasteiger partial charge in [-0.25, -0.2) is 4.39 Å². The quantitative estimate of drug-likeness (QED) is 0.775. The molecule has 2 aromatic rings. The predicted octanol–water partition coefficient (Wildman–Crippen LogP) is 3.34. The van der Waals surface area contributed by atoms with Crippen LogP contribution in [-0.2, 0) is 6.54 Å². The maximum atomic E-state index is 13.0. The third-order valence-corrected chi connectivity index (χ3v) is 3.36. The molecule has 2 rings (SSSR count). The number of aldehydes is 1. The van der Waals surface area contributed by atoms with E-state index in [4.69, 9.17) is 0 Å².